The molecule has 0 fully saturated rings. The zero-order chi connectivity index (χ0) is 13.7. The molecule has 0 unspecified atom stereocenters. The van der Waals surface area contributed by atoms with Crippen molar-refractivity contribution in [2.75, 3.05) is 0 Å². The maximum absolute atomic E-state index is 12.1. The average molecular weight is 261 g/mol. The van der Waals surface area contributed by atoms with Crippen molar-refractivity contribution in [3.05, 3.63) is 51.3 Å². The topological polar surface area (TPSA) is 59.8 Å². The minimum Gasteiger partial charge on any atom is -0.246 e. The van der Waals surface area contributed by atoms with E-state index in [0.717, 1.165) is 25.7 Å². The van der Waals surface area contributed by atoms with Crippen LogP contribution >= 0.6 is 0 Å². The smallest absolute Gasteiger partial charge is 0.246 e. The van der Waals surface area contributed by atoms with E-state index in [1.54, 1.807) is 24.3 Å². The van der Waals surface area contributed by atoms with Gasteiger partial charge in [0, 0.05) is 6.54 Å². The second-order valence-electron chi connectivity index (χ2n) is 4.58. The lowest BCUT2D eigenvalue weighted by molar-refractivity contribution is 0.524. The summed E-state index contributed by atoms with van der Waals surface area (Å²) in [4.78, 5) is 24.0. The van der Waals surface area contributed by atoms with Gasteiger partial charge in [-0.05, 0) is 18.6 Å². The number of unbranched alkanes of at least 4 members (excludes halogenated alkanes) is 3. The zero-order valence-corrected chi connectivity index (χ0v) is 11.1. The van der Waals surface area contributed by atoms with Gasteiger partial charge in [0.2, 0.25) is 0 Å². The van der Waals surface area contributed by atoms with Gasteiger partial charge in [0.05, 0.1) is 5.69 Å². The van der Waals surface area contributed by atoms with E-state index in [-0.39, 0.29) is 11.4 Å². The van der Waals surface area contributed by atoms with E-state index in [9.17, 15) is 9.59 Å². The van der Waals surface area contributed by atoms with Crippen LogP contribution in [0.3, 0.4) is 0 Å². The number of aryl methyl sites for hydroxylation is 1. The van der Waals surface area contributed by atoms with Crippen LogP contribution in [0.25, 0.3) is 5.69 Å². The van der Waals surface area contributed by atoms with Crippen LogP contribution in [0.1, 0.15) is 32.6 Å². The number of benzene rings is 1. The van der Waals surface area contributed by atoms with Gasteiger partial charge in [-0.15, -0.1) is 0 Å². The third kappa shape index (κ3) is 3.05. The molecule has 0 saturated carbocycles. The van der Waals surface area contributed by atoms with Gasteiger partial charge in [-0.2, -0.15) is 0 Å². The fraction of sp³-hybridized carbons (Fsp3) is 0.429. The predicted molar refractivity (Wildman–Crippen MR) is 74.8 cm³/mol. The number of aromatic nitrogens is 3. The predicted octanol–water partition coefficient (Wildman–Crippen LogP) is 1.91. The summed E-state index contributed by atoms with van der Waals surface area (Å²) in [6.45, 7) is 2.70. The van der Waals surface area contributed by atoms with Crippen molar-refractivity contribution in [1.82, 2.24) is 14.3 Å². The van der Waals surface area contributed by atoms with Gasteiger partial charge in [-0.25, -0.2) is 23.9 Å². The first-order valence-corrected chi connectivity index (χ1v) is 6.71. The summed E-state index contributed by atoms with van der Waals surface area (Å²) in [7, 11) is 0. The van der Waals surface area contributed by atoms with E-state index < -0.39 is 0 Å². The summed E-state index contributed by atoms with van der Waals surface area (Å²) in [5.74, 6) is 0. The van der Waals surface area contributed by atoms with Gasteiger partial charge in [0.25, 0.3) is 0 Å². The lowest BCUT2D eigenvalue weighted by atomic mass is 10.2. The van der Waals surface area contributed by atoms with Crippen LogP contribution in [0.4, 0.5) is 0 Å². The first-order valence-electron chi connectivity index (χ1n) is 6.71. The molecule has 5 heteroatoms. The van der Waals surface area contributed by atoms with Crippen molar-refractivity contribution in [2.24, 2.45) is 0 Å². The lowest BCUT2D eigenvalue weighted by Gasteiger charge is -2.00. The Morgan fingerprint density at radius 3 is 2.47 bits per heavy atom. The van der Waals surface area contributed by atoms with Crippen molar-refractivity contribution in [3.63, 3.8) is 0 Å². The molecule has 0 spiro atoms. The first-order chi connectivity index (χ1) is 9.24. The Kier molecular flexibility index (Phi) is 4.39. The van der Waals surface area contributed by atoms with Gasteiger partial charge < -0.3 is 0 Å². The highest BCUT2D eigenvalue weighted by Crippen LogP contribution is 2.02. The SMILES string of the molecule is CCCCCCn1[nH]c(=O)n(-c2ccccc2)c1=O. The van der Waals surface area contributed by atoms with Crippen molar-refractivity contribution < 1.29 is 0 Å². The van der Waals surface area contributed by atoms with Gasteiger partial charge in [0.15, 0.2) is 0 Å². The van der Waals surface area contributed by atoms with Crippen molar-refractivity contribution in [2.45, 2.75) is 39.2 Å². The number of hydrogen-bond acceptors (Lipinski definition) is 2. The monoisotopic (exact) mass is 261 g/mol. The minimum atomic E-state index is -0.383. The Morgan fingerprint density at radius 2 is 1.79 bits per heavy atom. The molecule has 0 atom stereocenters. The fourth-order valence-corrected chi connectivity index (χ4v) is 2.07. The molecule has 0 saturated heterocycles. The molecule has 0 bridgehead atoms. The second kappa shape index (κ2) is 6.22. The van der Waals surface area contributed by atoms with E-state index in [1.165, 1.54) is 9.25 Å². The standard InChI is InChI=1S/C14H19N3O2/c1-2-3-4-8-11-16-14(19)17(13(18)15-16)12-9-6-5-7-10-12/h5-7,9-10H,2-4,8,11H2,1H3,(H,15,18). The van der Waals surface area contributed by atoms with Crippen LogP contribution in [0.15, 0.2) is 39.9 Å². The largest absolute Gasteiger partial charge is 0.351 e. The molecule has 0 aliphatic rings. The van der Waals surface area contributed by atoms with Crippen LogP contribution in [0.5, 0.6) is 0 Å². The van der Waals surface area contributed by atoms with Gasteiger partial charge in [0.1, 0.15) is 0 Å². The van der Waals surface area contributed by atoms with Gasteiger partial charge >= 0.3 is 11.4 Å². The highest BCUT2D eigenvalue weighted by atomic mass is 16.2. The third-order valence-corrected chi connectivity index (χ3v) is 3.11. The number of H-pyrrole nitrogens is 1. The van der Waals surface area contributed by atoms with Crippen LogP contribution in [0, 0.1) is 0 Å². The molecular weight excluding hydrogens is 242 g/mol. The third-order valence-electron chi connectivity index (χ3n) is 3.11. The number of nitrogens with one attached hydrogen (secondary N) is 1. The molecule has 1 heterocycles. The molecule has 0 aliphatic carbocycles. The first kappa shape index (κ1) is 13.4. The Bertz CT molecular complexity index is 622. The summed E-state index contributed by atoms with van der Waals surface area (Å²) in [6.07, 6.45) is 4.28. The highest BCUT2D eigenvalue weighted by Gasteiger charge is 2.09. The Hall–Kier alpha value is -2.04. The molecular formula is C14H19N3O2. The molecule has 1 N–H and O–H groups in total. The van der Waals surface area contributed by atoms with E-state index in [1.807, 2.05) is 6.07 Å². The Labute approximate surface area is 111 Å². The van der Waals surface area contributed by atoms with Crippen molar-refractivity contribution in [1.29, 1.82) is 0 Å². The molecule has 5 nitrogen and oxygen atoms in total. The van der Waals surface area contributed by atoms with Gasteiger partial charge in [-0.1, -0.05) is 44.4 Å². The highest BCUT2D eigenvalue weighted by molar-refractivity contribution is 5.30. The molecule has 0 amide bonds. The molecule has 0 radical (unpaired) electrons. The quantitative estimate of drug-likeness (QED) is 0.807. The summed E-state index contributed by atoms with van der Waals surface area (Å²) in [6, 6.07) is 8.96. The Balaban J connectivity index is 2.21. The maximum atomic E-state index is 12.1. The van der Waals surface area contributed by atoms with Crippen LogP contribution in [-0.2, 0) is 6.54 Å². The van der Waals surface area contributed by atoms with E-state index >= 15 is 0 Å². The number of para-hydroxylation sites is 1. The van der Waals surface area contributed by atoms with Crippen molar-refractivity contribution in [3.8, 4) is 5.69 Å². The second-order valence-corrected chi connectivity index (χ2v) is 4.58. The Morgan fingerprint density at radius 1 is 1.05 bits per heavy atom. The molecule has 0 aliphatic heterocycles. The molecule has 1 aromatic carbocycles. The minimum absolute atomic E-state index is 0.298. The number of hydrogen-bond donors (Lipinski definition) is 1. The van der Waals surface area contributed by atoms with Gasteiger partial charge in [-0.3, -0.25) is 0 Å². The number of nitrogens with zero attached hydrogens (tertiary/aromatic N) is 2. The summed E-state index contributed by atoms with van der Waals surface area (Å²) in [5.41, 5.74) is -0.0829. The van der Waals surface area contributed by atoms with E-state index in [4.69, 9.17) is 0 Å². The molecule has 102 valence electrons. The molecule has 1 aromatic heterocycles. The molecule has 2 rings (SSSR count). The molecule has 19 heavy (non-hydrogen) atoms. The van der Waals surface area contributed by atoms with E-state index in [0.29, 0.717) is 12.2 Å². The van der Waals surface area contributed by atoms with Crippen LogP contribution in [-0.4, -0.2) is 14.3 Å². The number of rotatable bonds is 6. The normalized spacial score (nSPS) is 10.8. The fourth-order valence-electron chi connectivity index (χ4n) is 2.07. The summed E-state index contributed by atoms with van der Waals surface area (Å²) in [5, 5.41) is 2.60. The lowest BCUT2D eigenvalue weighted by Crippen LogP contribution is -2.27. The summed E-state index contributed by atoms with van der Waals surface area (Å²) < 4.78 is 2.56. The summed E-state index contributed by atoms with van der Waals surface area (Å²) >= 11 is 0. The number of aromatic amines is 1. The molecule has 2 aromatic rings. The van der Waals surface area contributed by atoms with Crippen LogP contribution in [0.2, 0.25) is 0 Å². The van der Waals surface area contributed by atoms with E-state index in [2.05, 4.69) is 12.0 Å². The average Bonchev–Trinajstić information content (AvgIpc) is 2.71. The van der Waals surface area contributed by atoms with Crippen molar-refractivity contribution >= 4 is 0 Å². The zero-order valence-electron chi connectivity index (χ0n) is 11.1. The van der Waals surface area contributed by atoms with Crippen LogP contribution < -0.4 is 11.4 Å². The maximum Gasteiger partial charge on any atom is 0.351 e.